The number of pyridine rings is 2. The number of esters is 1. The summed E-state index contributed by atoms with van der Waals surface area (Å²) < 4.78 is 5.68. The summed E-state index contributed by atoms with van der Waals surface area (Å²) in [5.41, 5.74) is -0.694. The summed E-state index contributed by atoms with van der Waals surface area (Å²) in [7, 11) is 1.17. The van der Waals surface area contributed by atoms with Gasteiger partial charge in [0.15, 0.2) is 0 Å². The number of carbonyl (C=O) groups is 2. The van der Waals surface area contributed by atoms with Gasteiger partial charge in [0.05, 0.1) is 19.1 Å². The minimum atomic E-state index is -1.25. The summed E-state index contributed by atoms with van der Waals surface area (Å²) in [6, 6.07) is 9.76. The van der Waals surface area contributed by atoms with Crippen LogP contribution >= 0.6 is 0 Å². The topological polar surface area (TPSA) is 139 Å². The molecule has 9 nitrogen and oxygen atoms in total. The number of aromatic nitrogens is 2. The highest BCUT2D eigenvalue weighted by molar-refractivity contribution is 5.79. The number of aliphatic carboxylic acids is 1. The van der Waals surface area contributed by atoms with Gasteiger partial charge >= 0.3 is 11.9 Å². The Bertz CT molecular complexity index is 1260. The molecule has 9 heteroatoms. The van der Waals surface area contributed by atoms with Gasteiger partial charge in [-0.25, -0.2) is 0 Å². The molecule has 1 atom stereocenters. The number of rotatable bonds is 6. The third kappa shape index (κ3) is 3.95. The van der Waals surface area contributed by atoms with Crippen LogP contribution in [0, 0.1) is 6.92 Å². The van der Waals surface area contributed by atoms with Crippen LogP contribution < -0.4 is 11.1 Å². The molecule has 30 heavy (non-hydrogen) atoms. The Morgan fingerprint density at radius 3 is 2.57 bits per heavy atom. The van der Waals surface area contributed by atoms with E-state index in [0.717, 1.165) is 4.57 Å². The first kappa shape index (κ1) is 20.8. The van der Waals surface area contributed by atoms with Crippen molar-refractivity contribution in [2.24, 2.45) is 0 Å². The van der Waals surface area contributed by atoms with Crippen molar-refractivity contribution in [3.8, 4) is 5.75 Å². The van der Waals surface area contributed by atoms with E-state index in [1.54, 1.807) is 30.3 Å². The molecule has 0 saturated heterocycles. The monoisotopic (exact) mass is 412 g/mol. The molecule has 0 radical (unpaired) electrons. The molecule has 156 valence electrons. The first-order valence-electron chi connectivity index (χ1n) is 9.06. The highest BCUT2D eigenvalue weighted by Gasteiger charge is 2.29. The zero-order valence-electron chi connectivity index (χ0n) is 16.3. The number of aromatic amines is 1. The van der Waals surface area contributed by atoms with Crippen LogP contribution in [0.25, 0.3) is 10.9 Å². The van der Waals surface area contributed by atoms with Gasteiger partial charge in [-0.15, -0.1) is 0 Å². The Balaban J connectivity index is 2.30. The number of aromatic hydroxyl groups is 1. The van der Waals surface area contributed by atoms with Crippen LogP contribution in [0.1, 0.15) is 29.2 Å². The second-order valence-corrected chi connectivity index (χ2v) is 6.84. The molecular formula is C21H20N2O7. The number of hydrogen-bond acceptors (Lipinski definition) is 6. The Labute approximate surface area is 170 Å². The molecule has 3 rings (SSSR count). The zero-order chi connectivity index (χ0) is 22.0. The number of nitrogens with zero attached hydrogens (tertiary/aromatic N) is 1. The van der Waals surface area contributed by atoms with Crippen LogP contribution in [0.3, 0.4) is 0 Å². The Morgan fingerprint density at radius 1 is 1.20 bits per heavy atom. The maximum atomic E-state index is 13.1. The van der Waals surface area contributed by atoms with Crippen molar-refractivity contribution in [2.75, 3.05) is 7.11 Å². The first-order valence-corrected chi connectivity index (χ1v) is 9.06. The SMILES string of the molecule is COC(=O)C[C@@H](c1cc2ccccc2[nH]c1=O)c1c(O)cc(C)n(CC(=O)O)c1=O. The number of carbonyl (C=O) groups excluding carboxylic acids is 1. The summed E-state index contributed by atoms with van der Waals surface area (Å²) in [4.78, 5) is 51.8. The summed E-state index contributed by atoms with van der Waals surface area (Å²) >= 11 is 0. The number of hydrogen-bond donors (Lipinski definition) is 3. The molecule has 0 saturated carbocycles. The van der Waals surface area contributed by atoms with E-state index in [2.05, 4.69) is 4.98 Å². The molecule has 0 unspecified atom stereocenters. The second kappa shape index (κ2) is 8.24. The average Bonchev–Trinajstić information content (AvgIpc) is 2.69. The van der Waals surface area contributed by atoms with Crippen LogP contribution in [0.15, 0.2) is 46.0 Å². The molecule has 3 N–H and O–H groups in total. The number of carboxylic acid groups (broad SMARTS) is 1. The van der Waals surface area contributed by atoms with Gasteiger partial charge in [-0.1, -0.05) is 18.2 Å². The number of ether oxygens (including phenoxy) is 1. The number of H-pyrrole nitrogens is 1. The molecule has 3 aromatic rings. The molecule has 0 bridgehead atoms. The molecule has 0 aliphatic rings. The number of aryl methyl sites for hydroxylation is 1. The van der Waals surface area contributed by atoms with Gasteiger partial charge < -0.3 is 24.5 Å². The molecule has 0 amide bonds. The first-order chi connectivity index (χ1) is 14.2. The Kier molecular flexibility index (Phi) is 5.72. The van der Waals surface area contributed by atoms with E-state index in [4.69, 9.17) is 9.84 Å². The van der Waals surface area contributed by atoms with E-state index in [-0.39, 0.29) is 16.8 Å². The summed E-state index contributed by atoms with van der Waals surface area (Å²) in [6.07, 6.45) is -0.392. The summed E-state index contributed by atoms with van der Waals surface area (Å²) in [6.45, 7) is 0.850. The lowest BCUT2D eigenvalue weighted by molar-refractivity contribution is -0.141. The van der Waals surface area contributed by atoms with Gasteiger partial charge in [-0.3, -0.25) is 19.2 Å². The Hall–Kier alpha value is -3.88. The number of carboxylic acids is 1. The summed E-state index contributed by atoms with van der Waals surface area (Å²) in [5.74, 6) is -3.51. The quantitative estimate of drug-likeness (QED) is 0.521. The van der Waals surface area contributed by atoms with Crippen molar-refractivity contribution in [3.05, 3.63) is 73.9 Å². The van der Waals surface area contributed by atoms with E-state index < -0.39 is 47.7 Å². The van der Waals surface area contributed by atoms with E-state index in [1.165, 1.54) is 20.1 Å². The number of fused-ring (bicyclic) bond motifs is 1. The predicted molar refractivity (Wildman–Crippen MR) is 108 cm³/mol. The van der Waals surface area contributed by atoms with Crippen molar-refractivity contribution < 1.29 is 24.5 Å². The fourth-order valence-corrected chi connectivity index (χ4v) is 3.47. The van der Waals surface area contributed by atoms with Crippen molar-refractivity contribution in [1.29, 1.82) is 0 Å². The number of methoxy groups -OCH3 is 1. The van der Waals surface area contributed by atoms with Crippen LogP contribution in [0.4, 0.5) is 0 Å². The van der Waals surface area contributed by atoms with Crippen molar-refractivity contribution >= 4 is 22.8 Å². The zero-order valence-corrected chi connectivity index (χ0v) is 16.3. The number of nitrogens with one attached hydrogen (secondary N) is 1. The number of para-hydroxylation sites is 1. The fourth-order valence-electron chi connectivity index (χ4n) is 3.47. The fraction of sp³-hybridized carbons (Fsp3) is 0.238. The predicted octanol–water partition coefficient (Wildman–Crippen LogP) is 1.48. The van der Waals surface area contributed by atoms with Crippen LogP contribution in [0.2, 0.25) is 0 Å². The van der Waals surface area contributed by atoms with Gasteiger partial charge in [0, 0.05) is 22.7 Å². The average molecular weight is 412 g/mol. The van der Waals surface area contributed by atoms with E-state index in [9.17, 15) is 24.3 Å². The highest BCUT2D eigenvalue weighted by Crippen LogP contribution is 2.31. The van der Waals surface area contributed by atoms with E-state index >= 15 is 0 Å². The Morgan fingerprint density at radius 2 is 1.90 bits per heavy atom. The lowest BCUT2D eigenvalue weighted by atomic mass is 9.88. The molecule has 2 aromatic heterocycles. The van der Waals surface area contributed by atoms with Gasteiger partial charge in [-0.05, 0) is 30.5 Å². The summed E-state index contributed by atoms with van der Waals surface area (Å²) in [5, 5.41) is 20.3. The maximum Gasteiger partial charge on any atom is 0.323 e. The van der Waals surface area contributed by atoms with Crippen molar-refractivity contribution in [3.63, 3.8) is 0 Å². The third-order valence-electron chi connectivity index (χ3n) is 4.92. The lowest BCUT2D eigenvalue weighted by Crippen LogP contribution is -2.32. The van der Waals surface area contributed by atoms with E-state index in [0.29, 0.717) is 10.9 Å². The van der Waals surface area contributed by atoms with Crippen molar-refractivity contribution in [2.45, 2.75) is 25.8 Å². The molecule has 0 fully saturated rings. The lowest BCUT2D eigenvalue weighted by Gasteiger charge is -2.19. The third-order valence-corrected chi connectivity index (χ3v) is 4.92. The standard InChI is InChI=1S/C21H20N2O7/c1-11-7-16(24)19(21(29)23(11)10-17(25)26)13(9-18(27)30-2)14-8-12-5-3-4-6-15(12)22-20(14)28/h3-8,13,24H,9-10H2,1-2H3,(H,22,28)(H,25,26)/t13-/m0/s1. The molecular weight excluding hydrogens is 392 g/mol. The smallest absolute Gasteiger partial charge is 0.323 e. The van der Waals surface area contributed by atoms with Crippen LogP contribution in [-0.2, 0) is 20.9 Å². The van der Waals surface area contributed by atoms with Gasteiger partial charge in [0.2, 0.25) is 0 Å². The van der Waals surface area contributed by atoms with Gasteiger partial charge in [0.1, 0.15) is 12.3 Å². The largest absolute Gasteiger partial charge is 0.507 e. The van der Waals surface area contributed by atoms with Crippen molar-refractivity contribution in [1.82, 2.24) is 9.55 Å². The normalized spacial score (nSPS) is 11.9. The molecule has 0 aliphatic carbocycles. The number of benzene rings is 1. The molecule has 0 spiro atoms. The molecule has 0 aliphatic heterocycles. The van der Waals surface area contributed by atoms with Crippen LogP contribution in [-0.4, -0.2) is 38.8 Å². The highest BCUT2D eigenvalue weighted by atomic mass is 16.5. The van der Waals surface area contributed by atoms with Gasteiger partial charge in [-0.2, -0.15) is 0 Å². The minimum absolute atomic E-state index is 0.0808. The van der Waals surface area contributed by atoms with E-state index in [1.807, 2.05) is 0 Å². The minimum Gasteiger partial charge on any atom is -0.507 e. The maximum absolute atomic E-state index is 13.1. The molecule has 1 aromatic carbocycles. The van der Waals surface area contributed by atoms with Gasteiger partial charge in [0.25, 0.3) is 11.1 Å². The molecule has 2 heterocycles. The second-order valence-electron chi connectivity index (χ2n) is 6.84. The van der Waals surface area contributed by atoms with Crippen LogP contribution in [0.5, 0.6) is 5.75 Å².